The first-order chi connectivity index (χ1) is 10.9. The van der Waals surface area contributed by atoms with E-state index in [1.807, 2.05) is 0 Å². The van der Waals surface area contributed by atoms with Gasteiger partial charge in [-0.3, -0.25) is 9.59 Å². The van der Waals surface area contributed by atoms with E-state index in [2.05, 4.69) is 27.7 Å². The Morgan fingerprint density at radius 1 is 0.826 bits per heavy atom. The van der Waals surface area contributed by atoms with E-state index in [0.29, 0.717) is 23.6 Å². The number of rotatable bonds is 5. The van der Waals surface area contributed by atoms with Crippen LogP contribution in [-0.2, 0) is 14.3 Å². The van der Waals surface area contributed by atoms with Crippen molar-refractivity contribution in [3.8, 4) is 0 Å². The van der Waals surface area contributed by atoms with Crippen molar-refractivity contribution in [1.29, 1.82) is 0 Å². The minimum absolute atomic E-state index is 0.352. The molecular formula is C20H36O3. The molecule has 0 aliphatic heterocycles. The average molecular weight is 325 g/mol. The molecule has 0 unspecified atom stereocenters. The van der Waals surface area contributed by atoms with Crippen LogP contribution < -0.4 is 0 Å². The van der Waals surface area contributed by atoms with E-state index in [9.17, 15) is 9.59 Å². The van der Waals surface area contributed by atoms with Crippen molar-refractivity contribution in [2.75, 3.05) is 6.61 Å². The Morgan fingerprint density at radius 2 is 1.30 bits per heavy atom. The van der Waals surface area contributed by atoms with Gasteiger partial charge in [0.2, 0.25) is 0 Å². The minimum atomic E-state index is 0.352. The number of ketones is 2. The number of hydrogen-bond acceptors (Lipinski definition) is 3. The molecule has 3 heteroatoms. The molecule has 0 aromatic carbocycles. The molecule has 134 valence electrons. The fourth-order valence-electron chi connectivity index (χ4n) is 3.31. The van der Waals surface area contributed by atoms with Gasteiger partial charge in [-0.25, -0.2) is 0 Å². The Labute approximate surface area is 142 Å². The molecule has 23 heavy (non-hydrogen) atoms. The fourth-order valence-corrected chi connectivity index (χ4v) is 3.31. The quantitative estimate of drug-likeness (QED) is 0.717. The van der Waals surface area contributed by atoms with E-state index in [-0.39, 0.29) is 0 Å². The molecule has 0 N–H and O–H groups in total. The van der Waals surface area contributed by atoms with Crippen molar-refractivity contribution in [3.63, 3.8) is 0 Å². The number of ether oxygens (including phenoxy) is 1. The maximum Gasteiger partial charge on any atom is 0.133 e. The Hall–Kier alpha value is -0.700. The number of hydrogen-bond donors (Lipinski definition) is 0. The van der Waals surface area contributed by atoms with Crippen LogP contribution in [0.15, 0.2) is 0 Å². The van der Waals surface area contributed by atoms with Crippen molar-refractivity contribution < 1.29 is 14.3 Å². The molecule has 2 aliphatic carbocycles. The highest BCUT2D eigenvalue weighted by Crippen LogP contribution is 2.27. The predicted octanol–water partition coefficient (Wildman–Crippen LogP) is 4.96. The van der Waals surface area contributed by atoms with Gasteiger partial charge in [-0.1, -0.05) is 27.7 Å². The third kappa shape index (κ3) is 9.91. The zero-order valence-corrected chi connectivity index (χ0v) is 15.6. The van der Waals surface area contributed by atoms with Crippen molar-refractivity contribution >= 4 is 11.6 Å². The van der Waals surface area contributed by atoms with Gasteiger partial charge in [-0.15, -0.1) is 0 Å². The lowest BCUT2D eigenvalue weighted by Gasteiger charge is -2.22. The van der Waals surface area contributed by atoms with Crippen molar-refractivity contribution in [1.82, 2.24) is 0 Å². The van der Waals surface area contributed by atoms with Gasteiger partial charge in [-0.05, 0) is 49.9 Å². The van der Waals surface area contributed by atoms with Gasteiger partial charge in [-0.2, -0.15) is 0 Å². The molecule has 0 radical (unpaired) electrons. The van der Waals surface area contributed by atoms with Gasteiger partial charge >= 0.3 is 0 Å². The Balaban J connectivity index is 0.000000231. The number of carbonyl (C=O) groups is 2. The van der Waals surface area contributed by atoms with Crippen LogP contribution in [0.1, 0.15) is 85.5 Å². The normalized spacial score (nSPS) is 20.8. The molecular weight excluding hydrogens is 288 g/mol. The summed E-state index contributed by atoms with van der Waals surface area (Å²) in [5, 5.41) is 0. The summed E-state index contributed by atoms with van der Waals surface area (Å²) in [5.41, 5.74) is 0. The first kappa shape index (κ1) is 20.3. The smallest absolute Gasteiger partial charge is 0.133 e. The van der Waals surface area contributed by atoms with Crippen LogP contribution >= 0.6 is 0 Å². The molecule has 0 aromatic rings. The summed E-state index contributed by atoms with van der Waals surface area (Å²) in [6.45, 7) is 9.65. The molecule has 0 aromatic heterocycles. The molecule has 2 aliphatic rings. The van der Waals surface area contributed by atoms with Gasteiger partial charge in [0.05, 0.1) is 6.10 Å². The molecule has 0 spiro atoms. The third-order valence-corrected chi connectivity index (χ3v) is 4.62. The maximum absolute atomic E-state index is 10.9. The maximum atomic E-state index is 10.9. The molecule has 2 rings (SSSR count). The van der Waals surface area contributed by atoms with Crippen LogP contribution in [0, 0.1) is 17.8 Å². The first-order valence-corrected chi connectivity index (χ1v) is 9.51. The fraction of sp³-hybridized carbons (Fsp3) is 0.900. The van der Waals surface area contributed by atoms with Crippen molar-refractivity contribution in [2.24, 2.45) is 17.8 Å². The summed E-state index contributed by atoms with van der Waals surface area (Å²) in [4.78, 5) is 21.8. The van der Waals surface area contributed by atoms with Gasteiger partial charge in [0.1, 0.15) is 11.6 Å². The SMILES string of the molecule is CC(C)CC1CCC(=O)CC1.CC(C)COC1CCC(=O)CC1. The summed E-state index contributed by atoms with van der Waals surface area (Å²) in [6.07, 6.45) is 8.98. The lowest BCUT2D eigenvalue weighted by molar-refractivity contribution is -0.123. The van der Waals surface area contributed by atoms with E-state index < -0.39 is 0 Å². The lowest BCUT2D eigenvalue weighted by atomic mass is 9.83. The number of carbonyl (C=O) groups excluding carboxylic acids is 2. The summed E-state index contributed by atoms with van der Waals surface area (Å²) in [5.74, 6) is 3.12. The summed E-state index contributed by atoms with van der Waals surface area (Å²) < 4.78 is 5.64. The van der Waals surface area contributed by atoms with E-state index >= 15 is 0 Å². The highest BCUT2D eigenvalue weighted by molar-refractivity contribution is 5.79. The van der Waals surface area contributed by atoms with Gasteiger partial charge in [0.15, 0.2) is 0 Å². The van der Waals surface area contributed by atoms with Crippen LogP contribution in [0.3, 0.4) is 0 Å². The molecule has 2 saturated carbocycles. The van der Waals surface area contributed by atoms with E-state index in [0.717, 1.165) is 69.8 Å². The molecule has 0 atom stereocenters. The van der Waals surface area contributed by atoms with Gasteiger partial charge < -0.3 is 4.74 Å². The van der Waals surface area contributed by atoms with Gasteiger partial charge in [0.25, 0.3) is 0 Å². The zero-order chi connectivity index (χ0) is 17.2. The molecule has 0 bridgehead atoms. The van der Waals surface area contributed by atoms with Crippen LogP contribution in [-0.4, -0.2) is 24.3 Å². The molecule has 0 saturated heterocycles. The van der Waals surface area contributed by atoms with Crippen molar-refractivity contribution in [3.05, 3.63) is 0 Å². The monoisotopic (exact) mass is 324 g/mol. The second-order valence-corrected chi connectivity index (χ2v) is 8.08. The molecule has 2 fully saturated rings. The first-order valence-electron chi connectivity index (χ1n) is 9.51. The summed E-state index contributed by atoms with van der Waals surface area (Å²) in [6, 6.07) is 0. The topological polar surface area (TPSA) is 43.4 Å². The Morgan fingerprint density at radius 3 is 1.74 bits per heavy atom. The third-order valence-electron chi connectivity index (χ3n) is 4.62. The second kappa shape index (κ2) is 11.0. The van der Waals surface area contributed by atoms with E-state index in [1.165, 1.54) is 6.42 Å². The Bertz CT molecular complexity index is 340. The minimum Gasteiger partial charge on any atom is -0.378 e. The molecule has 0 amide bonds. The molecule has 3 nitrogen and oxygen atoms in total. The predicted molar refractivity (Wildman–Crippen MR) is 94.5 cm³/mol. The average Bonchev–Trinajstić information content (AvgIpc) is 2.49. The second-order valence-electron chi connectivity index (χ2n) is 8.08. The van der Waals surface area contributed by atoms with Crippen molar-refractivity contribution in [2.45, 2.75) is 91.6 Å². The number of Topliss-reactive ketones (excluding diaryl/α,β-unsaturated/α-hetero) is 2. The van der Waals surface area contributed by atoms with E-state index in [1.54, 1.807) is 0 Å². The summed E-state index contributed by atoms with van der Waals surface area (Å²) in [7, 11) is 0. The standard InChI is InChI=1S/C10H18O2.C10H18O/c1-8(2)7-12-10-5-3-9(11)4-6-10;1-8(2)7-9-3-5-10(11)6-4-9/h8,10H,3-7H2,1-2H3;8-9H,3-7H2,1-2H3. The van der Waals surface area contributed by atoms with Crippen LogP contribution in [0.5, 0.6) is 0 Å². The van der Waals surface area contributed by atoms with E-state index in [4.69, 9.17) is 4.74 Å². The zero-order valence-electron chi connectivity index (χ0n) is 15.6. The summed E-state index contributed by atoms with van der Waals surface area (Å²) >= 11 is 0. The lowest BCUT2D eigenvalue weighted by Crippen LogP contribution is -2.23. The van der Waals surface area contributed by atoms with Crippen LogP contribution in [0.2, 0.25) is 0 Å². The van der Waals surface area contributed by atoms with Gasteiger partial charge in [0, 0.05) is 32.3 Å². The highest BCUT2D eigenvalue weighted by Gasteiger charge is 2.19. The largest absolute Gasteiger partial charge is 0.378 e. The highest BCUT2D eigenvalue weighted by atomic mass is 16.5. The van der Waals surface area contributed by atoms with Crippen LogP contribution in [0.4, 0.5) is 0 Å². The molecule has 0 heterocycles. The van der Waals surface area contributed by atoms with Crippen LogP contribution in [0.25, 0.3) is 0 Å². The Kier molecular flexibility index (Phi) is 9.69.